The molecule has 3 unspecified atom stereocenters. The molecule has 0 aromatic carbocycles. The summed E-state index contributed by atoms with van der Waals surface area (Å²) in [6, 6.07) is 0. The lowest BCUT2D eigenvalue weighted by atomic mass is 9.82. The number of hydrogen-bond acceptors (Lipinski definition) is 2. The predicted octanol–water partition coefficient (Wildman–Crippen LogP) is 2.93. The van der Waals surface area contributed by atoms with Gasteiger partial charge in [0, 0.05) is 5.57 Å². The predicted molar refractivity (Wildman–Crippen MR) is 59.3 cm³/mol. The van der Waals surface area contributed by atoms with Crippen LogP contribution >= 0.6 is 0 Å². The van der Waals surface area contributed by atoms with Crippen LogP contribution in [0.5, 0.6) is 0 Å². The summed E-state index contributed by atoms with van der Waals surface area (Å²) in [5, 5.41) is 0. The maximum Gasteiger partial charge on any atom is 0.333 e. The van der Waals surface area contributed by atoms with Crippen molar-refractivity contribution in [2.45, 2.75) is 46.1 Å². The standard InChI is InChI=1S/C13H20O2/c1-8(2)12(14)15-11-7-13(4)6-5-10(11)9(13)3/h9-11H,1,5-7H2,2-4H3/t9-,10?,11?,13?/m1/s1. The fraction of sp³-hybridized carbons (Fsp3) is 0.769. The van der Waals surface area contributed by atoms with Crippen molar-refractivity contribution >= 4 is 5.97 Å². The molecule has 2 saturated carbocycles. The highest BCUT2D eigenvalue weighted by atomic mass is 16.5. The quantitative estimate of drug-likeness (QED) is 0.515. The highest BCUT2D eigenvalue weighted by Crippen LogP contribution is 2.58. The van der Waals surface area contributed by atoms with Gasteiger partial charge in [0.15, 0.2) is 0 Å². The molecule has 2 heteroatoms. The summed E-state index contributed by atoms with van der Waals surface area (Å²) in [7, 11) is 0. The first-order valence-corrected chi connectivity index (χ1v) is 5.80. The van der Waals surface area contributed by atoms with E-state index in [0.717, 1.165) is 6.42 Å². The van der Waals surface area contributed by atoms with Crippen LogP contribution in [0.3, 0.4) is 0 Å². The average molecular weight is 208 g/mol. The van der Waals surface area contributed by atoms with E-state index in [9.17, 15) is 4.79 Å². The summed E-state index contributed by atoms with van der Waals surface area (Å²) in [6.07, 6.45) is 3.69. The van der Waals surface area contributed by atoms with Gasteiger partial charge in [-0.15, -0.1) is 0 Å². The molecule has 2 aliphatic carbocycles. The summed E-state index contributed by atoms with van der Waals surface area (Å²) in [5.41, 5.74) is 0.917. The molecule has 0 spiro atoms. The minimum Gasteiger partial charge on any atom is -0.459 e. The average Bonchev–Trinajstić information content (AvgIpc) is 2.54. The summed E-state index contributed by atoms with van der Waals surface area (Å²) in [6.45, 7) is 9.95. The van der Waals surface area contributed by atoms with Crippen LogP contribution in [-0.2, 0) is 9.53 Å². The van der Waals surface area contributed by atoms with Crippen molar-refractivity contribution in [3.63, 3.8) is 0 Å². The van der Waals surface area contributed by atoms with E-state index in [1.807, 2.05) is 0 Å². The second-order valence-electron chi connectivity index (χ2n) is 5.57. The smallest absolute Gasteiger partial charge is 0.333 e. The molecule has 2 nitrogen and oxygen atoms in total. The van der Waals surface area contributed by atoms with Gasteiger partial charge in [-0.1, -0.05) is 20.4 Å². The SMILES string of the molecule is C=C(C)C(=O)OC1CC2(C)CCC1[C@H]2C. The van der Waals surface area contributed by atoms with Crippen molar-refractivity contribution < 1.29 is 9.53 Å². The second-order valence-corrected chi connectivity index (χ2v) is 5.57. The van der Waals surface area contributed by atoms with E-state index >= 15 is 0 Å². The molecule has 0 aromatic heterocycles. The highest BCUT2D eigenvalue weighted by Gasteiger charge is 2.54. The van der Waals surface area contributed by atoms with Gasteiger partial charge in [0.05, 0.1) is 0 Å². The normalized spacial score (nSPS) is 43.0. The molecule has 0 N–H and O–H groups in total. The highest BCUT2D eigenvalue weighted by molar-refractivity contribution is 5.87. The van der Waals surface area contributed by atoms with E-state index in [4.69, 9.17) is 4.74 Å². The van der Waals surface area contributed by atoms with Crippen LogP contribution in [0.15, 0.2) is 12.2 Å². The van der Waals surface area contributed by atoms with Crippen LogP contribution in [0.25, 0.3) is 0 Å². The first-order valence-electron chi connectivity index (χ1n) is 5.80. The van der Waals surface area contributed by atoms with Crippen LogP contribution in [0.4, 0.5) is 0 Å². The lowest BCUT2D eigenvalue weighted by Gasteiger charge is -2.26. The van der Waals surface area contributed by atoms with Gasteiger partial charge >= 0.3 is 5.97 Å². The van der Waals surface area contributed by atoms with E-state index in [2.05, 4.69) is 20.4 Å². The largest absolute Gasteiger partial charge is 0.459 e. The molecule has 2 fully saturated rings. The van der Waals surface area contributed by atoms with Crippen molar-refractivity contribution in [1.82, 2.24) is 0 Å². The van der Waals surface area contributed by atoms with Gasteiger partial charge in [-0.2, -0.15) is 0 Å². The van der Waals surface area contributed by atoms with E-state index in [1.54, 1.807) is 6.92 Å². The summed E-state index contributed by atoms with van der Waals surface area (Å²) >= 11 is 0. The second kappa shape index (κ2) is 3.36. The first-order chi connectivity index (χ1) is 6.94. The number of carbonyl (C=O) groups is 1. The lowest BCUT2D eigenvalue weighted by molar-refractivity contribution is -0.147. The molecule has 0 amide bonds. The number of rotatable bonds is 2. The van der Waals surface area contributed by atoms with E-state index in [1.165, 1.54) is 12.8 Å². The molecular weight excluding hydrogens is 188 g/mol. The molecule has 0 saturated heterocycles. The van der Waals surface area contributed by atoms with Crippen molar-refractivity contribution in [2.24, 2.45) is 17.3 Å². The number of ether oxygens (including phenoxy) is 1. The van der Waals surface area contributed by atoms with Crippen molar-refractivity contribution in [3.8, 4) is 0 Å². The monoisotopic (exact) mass is 208 g/mol. The third-order valence-corrected chi connectivity index (χ3v) is 4.54. The van der Waals surface area contributed by atoms with Crippen molar-refractivity contribution in [3.05, 3.63) is 12.2 Å². The first kappa shape index (κ1) is 10.7. The topological polar surface area (TPSA) is 26.3 Å². The lowest BCUT2D eigenvalue weighted by Crippen LogP contribution is -2.26. The Kier molecular flexibility index (Phi) is 2.40. The zero-order valence-corrected chi connectivity index (χ0v) is 9.88. The molecule has 0 radical (unpaired) electrons. The summed E-state index contributed by atoms with van der Waals surface area (Å²) in [4.78, 5) is 11.5. The minimum atomic E-state index is -0.219. The van der Waals surface area contributed by atoms with Gasteiger partial charge in [-0.05, 0) is 43.4 Å². The van der Waals surface area contributed by atoms with Crippen LogP contribution in [0.1, 0.15) is 40.0 Å². The fourth-order valence-electron chi connectivity index (χ4n) is 3.26. The Balaban J connectivity index is 2.03. The third-order valence-electron chi connectivity index (χ3n) is 4.54. The van der Waals surface area contributed by atoms with E-state index in [-0.39, 0.29) is 12.1 Å². The van der Waals surface area contributed by atoms with Gasteiger partial charge in [-0.3, -0.25) is 0 Å². The molecule has 2 rings (SSSR count). The number of fused-ring (bicyclic) bond motifs is 2. The van der Waals surface area contributed by atoms with Gasteiger partial charge in [-0.25, -0.2) is 4.79 Å². The van der Waals surface area contributed by atoms with Gasteiger partial charge in [0.25, 0.3) is 0 Å². The maximum atomic E-state index is 11.5. The number of hydrogen-bond donors (Lipinski definition) is 0. The zero-order chi connectivity index (χ0) is 11.2. The Hall–Kier alpha value is -0.790. The van der Waals surface area contributed by atoms with Gasteiger partial charge in [0.2, 0.25) is 0 Å². The molecule has 2 bridgehead atoms. The number of esters is 1. The molecule has 0 heterocycles. The summed E-state index contributed by atoms with van der Waals surface area (Å²) < 4.78 is 5.50. The Morgan fingerprint density at radius 2 is 2.20 bits per heavy atom. The van der Waals surface area contributed by atoms with Crippen LogP contribution in [0, 0.1) is 17.3 Å². The third kappa shape index (κ3) is 1.60. The van der Waals surface area contributed by atoms with Crippen molar-refractivity contribution in [1.29, 1.82) is 0 Å². The molecular formula is C13H20O2. The maximum absolute atomic E-state index is 11.5. The van der Waals surface area contributed by atoms with Crippen LogP contribution in [-0.4, -0.2) is 12.1 Å². The van der Waals surface area contributed by atoms with Crippen LogP contribution < -0.4 is 0 Å². The van der Waals surface area contributed by atoms with Gasteiger partial charge < -0.3 is 4.74 Å². The fourth-order valence-corrected chi connectivity index (χ4v) is 3.26. The van der Waals surface area contributed by atoms with E-state index < -0.39 is 0 Å². The Morgan fingerprint density at radius 1 is 1.53 bits per heavy atom. The Labute approximate surface area is 91.7 Å². The van der Waals surface area contributed by atoms with Gasteiger partial charge in [0.1, 0.15) is 6.10 Å². The Morgan fingerprint density at radius 3 is 2.60 bits per heavy atom. The molecule has 4 atom stereocenters. The summed E-state index contributed by atoms with van der Waals surface area (Å²) in [5.74, 6) is 1.06. The Bertz CT molecular complexity index is 308. The van der Waals surface area contributed by atoms with Crippen LogP contribution in [0.2, 0.25) is 0 Å². The van der Waals surface area contributed by atoms with Crippen molar-refractivity contribution in [2.75, 3.05) is 0 Å². The molecule has 2 aliphatic rings. The molecule has 84 valence electrons. The molecule has 0 aromatic rings. The molecule has 0 aliphatic heterocycles. The number of carbonyl (C=O) groups excluding carboxylic acids is 1. The zero-order valence-electron chi connectivity index (χ0n) is 9.88. The molecule has 15 heavy (non-hydrogen) atoms. The van der Waals surface area contributed by atoms with E-state index in [0.29, 0.717) is 22.8 Å². The minimum absolute atomic E-state index is 0.142.